The molecule has 0 aromatic heterocycles. The summed E-state index contributed by atoms with van der Waals surface area (Å²) < 4.78 is 6.04. The van der Waals surface area contributed by atoms with E-state index in [1.54, 1.807) is 0 Å². The van der Waals surface area contributed by atoms with Crippen LogP contribution in [0.2, 0.25) is 5.02 Å². The van der Waals surface area contributed by atoms with Crippen LogP contribution in [0.15, 0.2) is 48.5 Å². The van der Waals surface area contributed by atoms with E-state index in [2.05, 4.69) is 41.3 Å². The van der Waals surface area contributed by atoms with Gasteiger partial charge in [0.25, 0.3) is 0 Å². The Balaban J connectivity index is 1.34. The average molecular weight is 328 g/mol. The van der Waals surface area contributed by atoms with E-state index < -0.39 is 0 Å². The summed E-state index contributed by atoms with van der Waals surface area (Å²) in [4.78, 5) is 2.57. The van der Waals surface area contributed by atoms with Crippen LogP contribution in [0.1, 0.15) is 30.4 Å². The van der Waals surface area contributed by atoms with E-state index in [9.17, 15) is 0 Å². The summed E-state index contributed by atoms with van der Waals surface area (Å²) >= 11 is 6.14. The van der Waals surface area contributed by atoms with Crippen LogP contribution < -0.4 is 4.90 Å². The Labute approximate surface area is 143 Å². The molecule has 1 aliphatic heterocycles. The number of hydrogen-bond donors (Lipinski definition) is 0. The van der Waals surface area contributed by atoms with Crippen LogP contribution in [-0.2, 0) is 17.8 Å². The third-order valence-electron chi connectivity index (χ3n) is 5.04. The minimum absolute atomic E-state index is 0.401. The molecule has 0 N–H and O–H groups in total. The Morgan fingerprint density at radius 3 is 2.74 bits per heavy atom. The molecule has 0 unspecified atom stereocenters. The van der Waals surface area contributed by atoms with Gasteiger partial charge in [-0.25, -0.2) is 0 Å². The first kappa shape index (κ1) is 15.0. The second-order valence-electron chi connectivity index (χ2n) is 6.61. The number of nitrogens with zero attached hydrogens (tertiary/aromatic N) is 1. The first-order chi connectivity index (χ1) is 11.3. The largest absolute Gasteiger partial charge is 0.373 e. The van der Waals surface area contributed by atoms with Crippen LogP contribution in [0.3, 0.4) is 0 Å². The lowest BCUT2D eigenvalue weighted by atomic mass is 9.85. The van der Waals surface area contributed by atoms with Crippen LogP contribution >= 0.6 is 11.6 Å². The highest BCUT2D eigenvalue weighted by Gasteiger charge is 2.36. The van der Waals surface area contributed by atoms with Crippen molar-refractivity contribution in [3.63, 3.8) is 0 Å². The molecule has 3 heteroatoms. The minimum Gasteiger partial charge on any atom is -0.373 e. The van der Waals surface area contributed by atoms with Gasteiger partial charge in [0.2, 0.25) is 0 Å². The molecule has 0 bridgehead atoms. The number of halogens is 1. The zero-order valence-electron chi connectivity index (χ0n) is 13.2. The molecule has 0 saturated heterocycles. The van der Waals surface area contributed by atoms with E-state index in [1.807, 2.05) is 12.1 Å². The Hall–Kier alpha value is -1.51. The zero-order chi connectivity index (χ0) is 15.6. The molecular weight excluding hydrogens is 306 g/mol. The molecule has 2 nitrogen and oxygen atoms in total. The molecule has 0 spiro atoms. The molecule has 2 aliphatic rings. The molecule has 0 radical (unpaired) electrons. The summed E-state index contributed by atoms with van der Waals surface area (Å²) in [6.45, 7) is 1.88. The first-order valence-electron chi connectivity index (χ1n) is 8.50. The summed E-state index contributed by atoms with van der Waals surface area (Å²) in [5.74, 6) is 0. The van der Waals surface area contributed by atoms with E-state index in [1.165, 1.54) is 23.2 Å². The van der Waals surface area contributed by atoms with Gasteiger partial charge in [0, 0.05) is 23.3 Å². The van der Waals surface area contributed by atoms with Crippen molar-refractivity contribution >= 4 is 17.3 Å². The average Bonchev–Trinajstić information content (AvgIpc) is 2.54. The van der Waals surface area contributed by atoms with Crippen molar-refractivity contribution in [1.29, 1.82) is 0 Å². The predicted octanol–water partition coefficient (Wildman–Crippen LogP) is 4.84. The van der Waals surface area contributed by atoms with Gasteiger partial charge in [-0.15, -0.1) is 0 Å². The predicted molar refractivity (Wildman–Crippen MR) is 95.2 cm³/mol. The Bertz CT molecular complexity index is 667. The number of benzene rings is 2. The smallest absolute Gasteiger partial charge is 0.0720 e. The van der Waals surface area contributed by atoms with Crippen molar-refractivity contribution in [2.24, 2.45) is 0 Å². The lowest BCUT2D eigenvalue weighted by Crippen LogP contribution is -2.50. The fourth-order valence-electron chi connectivity index (χ4n) is 3.69. The maximum absolute atomic E-state index is 6.14. The highest BCUT2D eigenvalue weighted by atomic mass is 35.5. The maximum Gasteiger partial charge on any atom is 0.0720 e. The van der Waals surface area contributed by atoms with E-state index >= 15 is 0 Å². The number of anilines is 1. The van der Waals surface area contributed by atoms with Crippen molar-refractivity contribution in [3.05, 3.63) is 64.7 Å². The first-order valence-corrected chi connectivity index (χ1v) is 8.88. The van der Waals surface area contributed by atoms with Crippen molar-refractivity contribution < 1.29 is 4.74 Å². The van der Waals surface area contributed by atoms with Crippen molar-refractivity contribution in [1.82, 2.24) is 0 Å². The van der Waals surface area contributed by atoms with Gasteiger partial charge in [-0.3, -0.25) is 0 Å². The lowest BCUT2D eigenvalue weighted by Gasteiger charge is -2.46. The molecule has 1 aliphatic carbocycles. The van der Waals surface area contributed by atoms with Gasteiger partial charge in [0.1, 0.15) is 0 Å². The van der Waals surface area contributed by atoms with Gasteiger partial charge in [-0.2, -0.15) is 0 Å². The molecule has 23 heavy (non-hydrogen) atoms. The number of ether oxygens (including phenoxy) is 1. The Morgan fingerprint density at radius 2 is 1.91 bits per heavy atom. The highest BCUT2D eigenvalue weighted by Crippen LogP contribution is 2.37. The van der Waals surface area contributed by atoms with Gasteiger partial charge in [-0.05, 0) is 55.0 Å². The molecule has 1 saturated carbocycles. The Kier molecular flexibility index (Phi) is 4.28. The summed E-state index contributed by atoms with van der Waals surface area (Å²) in [5, 5.41) is 0.850. The van der Waals surface area contributed by atoms with E-state index in [4.69, 9.17) is 16.3 Å². The number of aryl methyl sites for hydroxylation is 1. The van der Waals surface area contributed by atoms with Gasteiger partial charge < -0.3 is 9.64 Å². The fraction of sp³-hybridized carbons (Fsp3) is 0.400. The monoisotopic (exact) mass is 327 g/mol. The number of hydrogen-bond acceptors (Lipinski definition) is 2. The molecule has 2 aromatic rings. The molecule has 2 aromatic carbocycles. The third kappa shape index (κ3) is 3.24. The lowest BCUT2D eigenvalue weighted by molar-refractivity contribution is -0.0207. The van der Waals surface area contributed by atoms with Gasteiger partial charge in [0.05, 0.1) is 12.7 Å². The standard InChI is InChI=1S/C20H22ClNO/c21-17-8-9-20-16(11-17)7-4-10-22(20)18-12-19(13-18)23-14-15-5-2-1-3-6-15/h1-3,5-6,8-9,11,18-19H,4,7,10,12-14H2/t18-,19+. The van der Waals surface area contributed by atoms with Crippen molar-refractivity contribution in [2.75, 3.05) is 11.4 Å². The van der Waals surface area contributed by atoms with Gasteiger partial charge >= 0.3 is 0 Å². The zero-order valence-corrected chi connectivity index (χ0v) is 14.0. The minimum atomic E-state index is 0.401. The molecule has 0 amide bonds. The van der Waals surface area contributed by atoms with Crippen LogP contribution in [-0.4, -0.2) is 18.7 Å². The molecule has 120 valence electrons. The molecule has 1 fully saturated rings. The summed E-state index contributed by atoms with van der Waals surface area (Å²) in [7, 11) is 0. The molecule has 0 atom stereocenters. The van der Waals surface area contributed by atoms with Gasteiger partial charge in [-0.1, -0.05) is 41.9 Å². The SMILES string of the molecule is Clc1ccc2c(c1)CCCN2[C@H]1C[C@@H](OCc2ccccc2)C1. The van der Waals surface area contributed by atoms with Crippen LogP contribution in [0, 0.1) is 0 Å². The van der Waals surface area contributed by atoms with Crippen LogP contribution in [0.4, 0.5) is 5.69 Å². The molecule has 4 rings (SSSR count). The summed E-state index contributed by atoms with van der Waals surface area (Å²) in [6, 6.07) is 17.4. The second kappa shape index (κ2) is 6.54. The number of fused-ring (bicyclic) bond motifs is 1. The normalized spacial score (nSPS) is 23.3. The van der Waals surface area contributed by atoms with Crippen molar-refractivity contribution in [3.8, 4) is 0 Å². The van der Waals surface area contributed by atoms with Crippen molar-refractivity contribution in [2.45, 2.75) is 44.4 Å². The van der Waals surface area contributed by atoms with Crippen LogP contribution in [0.5, 0.6) is 0 Å². The Morgan fingerprint density at radius 1 is 1.09 bits per heavy atom. The second-order valence-corrected chi connectivity index (χ2v) is 7.05. The topological polar surface area (TPSA) is 12.5 Å². The summed E-state index contributed by atoms with van der Waals surface area (Å²) in [5.41, 5.74) is 4.04. The highest BCUT2D eigenvalue weighted by molar-refractivity contribution is 6.30. The summed E-state index contributed by atoms with van der Waals surface area (Å²) in [6.07, 6.45) is 5.04. The van der Waals surface area contributed by atoms with Gasteiger partial charge in [0.15, 0.2) is 0 Å². The van der Waals surface area contributed by atoms with E-state index in [0.717, 1.165) is 37.4 Å². The molecular formula is C20H22ClNO. The van der Waals surface area contributed by atoms with E-state index in [-0.39, 0.29) is 0 Å². The van der Waals surface area contributed by atoms with Crippen LogP contribution in [0.25, 0.3) is 0 Å². The quantitative estimate of drug-likeness (QED) is 0.796. The maximum atomic E-state index is 6.14. The molecule has 1 heterocycles. The van der Waals surface area contributed by atoms with E-state index in [0.29, 0.717) is 12.1 Å². The fourth-order valence-corrected chi connectivity index (χ4v) is 3.89. The number of rotatable bonds is 4. The third-order valence-corrected chi connectivity index (χ3v) is 5.27.